The number of hydrogen-bond acceptors (Lipinski definition) is 4. The van der Waals surface area contributed by atoms with Gasteiger partial charge in [-0.15, -0.1) is 0 Å². The fourth-order valence-electron chi connectivity index (χ4n) is 1.42. The van der Waals surface area contributed by atoms with Crippen LogP contribution in [0.4, 0.5) is 10.5 Å². The summed E-state index contributed by atoms with van der Waals surface area (Å²) in [6, 6.07) is 1.92. The highest BCUT2D eigenvalue weighted by atomic mass is 35.5. The number of nitrogens with one attached hydrogen (secondary N) is 2. The summed E-state index contributed by atoms with van der Waals surface area (Å²) in [5.41, 5.74) is 0.108. The Bertz CT molecular complexity index is 578. The zero-order valence-electron chi connectivity index (χ0n) is 11.5. The lowest BCUT2D eigenvalue weighted by Crippen LogP contribution is -2.30. The Morgan fingerprint density at radius 3 is 2.32 bits per heavy atom. The van der Waals surface area contributed by atoms with E-state index in [0.717, 1.165) is 0 Å². The van der Waals surface area contributed by atoms with Crippen molar-refractivity contribution in [3.8, 4) is 0 Å². The lowest BCUT2D eigenvalue weighted by molar-refractivity contribution is 0.192. The van der Waals surface area contributed by atoms with Gasteiger partial charge in [0.25, 0.3) is 0 Å². The molecule has 2 atom stereocenters. The van der Waals surface area contributed by atoms with Crippen LogP contribution in [-0.4, -0.2) is 25.1 Å². The van der Waals surface area contributed by atoms with Crippen molar-refractivity contribution in [1.82, 2.24) is 5.09 Å². The summed E-state index contributed by atoms with van der Waals surface area (Å²) in [7, 11) is -2.54. The maximum absolute atomic E-state index is 12.4. The van der Waals surface area contributed by atoms with Crippen LogP contribution in [0.3, 0.4) is 0 Å². The second-order valence-electron chi connectivity index (χ2n) is 3.85. The van der Waals surface area contributed by atoms with Gasteiger partial charge in [-0.05, 0) is 19.1 Å². The molecule has 0 aliphatic carbocycles. The number of alkyl halides is 1. The predicted molar refractivity (Wildman–Crippen MR) is 89.5 cm³/mol. The quantitative estimate of drug-likeness (QED) is 0.502. The third kappa shape index (κ3) is 5.17. The number of hydrogen-bond donors (Lipinski definition) is 2. The van der Waals surface area contributed by atoms with E-state index in [9.17, 15) is 9.36 Å². The van der Waals surface area contributed by atoms with E-state index in [4.69, 9.17) is 55.7 Å². The molecular weight excluding hydrogens is 397 g/mol. The average molecular weight is 410 g/mol. The molecule has 1 rings (SSSR count). The Kier molecular flexibility index (Phi) is 7.75. The van der Waals surface area contributed by atoms with E-state index < -0.39 is 18.9 Å². The molecule has 0 radical (unpaired) electrons. The molecule has 0 saturated carbocycles. The molecule has 2 N–H and O–H groups in total. The van der Waals surface area contributed by atoms with Gasteiger partial charge in [0, 0.05) is 12.1 Å². The van der Waals surface area contributed by atoms with Crippen LogP contribution >= 0.6 is 53.9 Å². The van der Waals surface area contributed by atoms with E-state index >= 15 is 0 Å². The van der Waals surface area contributed by atoms with Gasteiger partial charge in [-0.1, -0.05) is 46.4 Å². The zero-order valence-corrected chi connectivity index (χ0v) is 15.4. The molecule has 0 aromatic heterocycles. The second kappa shape index (κ2) is 8.60. The average Bonchev–Trinajstić information content (AvgIpc) is 2.42. The molecule has 0 spiro atoms. The van der Waals surface area contributed by atoms with Crippen molar-refractivity contribution >= 4 is 65.6 Å². The predicted octanol–water partition coefficient (Wildman–Crippen LogP) is 5.17. The van der Waals surface area contributed by atoms with Crippen molar-refractivity contribution < 1.29 is 18.6 Å². The van der Waals surface area contributed by atoms with Crippen LogP contribution in [0.2, 0.25) is 15.1 Å². The number of benzene rings is 1. The fourth-order valence-corrected chi connectivity index (χ4v) is 3.93. The maximum Gasteiger partial charge on any atom is 0.340 e. The molecule has 1 aromatic carbocycles. The Morgan fingerprint density at radius 2 is 1.86 bits per heavy atom. The number of methoxy groups -OCH3 is 1. The molecule has 124 valence electrons. The number of carbonyl (C=O) groups excluding carboxylic acids is 1. The van der Waals surface area contributed by atoms with Crippen molar-refractivity contribution in [3.05, 3.63) is 27.2 Å². The summed E-state index contributed by atoms with van der Waals surface area (Å²) in [4.78, 5) is 12.0. The number of ether oxygens (including phenoxy) is 1. The van der Waals surface area contributed by atoms with Gasteiger partial charge in [0.2, 0.25) is 5.30 Å². The molecule has 0 saturated heterocycles. The van der Waals surface area contributed by atoms with Crippen LogP contribution < -0.4 is 10.4 Å². The Hall–Kier alpha value is -0.200. The number of rotatable bonds is 6. The van der Waals surface area contributed by atoms with E-state index in [2.05, 4.69) is 10.4 Å². The monoisotopic (exact) mass is 408 g/mol. The van der Waals surface area contributed by atoms with E-state index in [-0.39, 0.29) is 22.3 Å². The molecule has 0 aliphatic heterocycles. The maximum atomic E-state index is 12.4. The van der Waals surface area contributed by atoms with Crippen molar-refractivity contribution in [3.63, 3.8) is 0 Å². The van der Waals surface area contributed by atoms with Crippen LogP contribution in [0, 0.1) is 0 Å². The van der Waals surface area contributed by atoms with Crippen molar-refractivity contribution in [1.29, 1.82) is 0 Å². The number of amides is 2. The van der Waals surface area contributed by atoms with Crippen LogP contribution in [-0.2, 0) is 13.8 Å². The number of carbonyl (C=O) groups is 1. The molecule has 2 amide bonds. The van der Waals surface area contributed by atoms with Crippen molar-refractivity contribution in [2.24, 2.45) is 0 Å². The molecule has 6 nitrogen and oxygen atoms in total. The highest BCUT2D eigenvalue weighted by Crippen LogP contribution is 2.50. The smallest absolute Gasteiger partial charge is 0.340 e. The first-order valence-electron chi connectivity index (χ1n) is 5.88. The highest BCUT2D eigenvalue weighted by Gasteiger charge is 2.35. The SMILES string of the molecule is CCO[P@@](=O)(NC(=O)Nc1c(Cl)cc(Cl)cc1Cl)[C@@H](Cl)OC. The lowest BCUT2D eigenvalue weighted by atomic mass is 10.3. The van der Waals surface area contributed by atoms with Gasteiger partial charge in [0.05, 0.1) is 22.3 Å². The van der Waals surface area contributed by atoms with Crippen LogP contribution in [0.1, 0.15) is 6.92 Å². The molecule has 22 heavy (non-hydrogen) atoms. The Morgan fingerprint density at radius 1 is 1.32 bits per heavy atom. The van der Waals surface area contributed by atoms with Gasteiger partial charge in [0.15, 0.2) is 0 Å². The van der Waals surface area contributed by atoms with E-state index in [0.29, 0.717) is 5.02 Å². The third-order valence-electron chi connectivity index (χ3n) is 2.29. The number of anilines is 1. The van der Waals surface area contributed by atoms with Crippen molar-refractivity contribution in [2.75, 3.05) is 19.0 Å². The first-order chi connectivity index (χ1) is 10.2. The highest BCUT2D eigenvalue weighted by molar-refractivity contribution is 7.60. The van der Waals surface area contributed by atoms with Gasteiger partial charge in [0.1, 0.15) is 0 Å². The molecule has 0 unspecified atom stereocenters. The van der Waals surface area contributed by atoms with Gasteiger partial charge in [-0.3, -0.25) is 9.65 Å². The van der Waals surface area contributed by atoms with Crippen LogP contribution in [0.15, 0.2) is 12.1 Å². The minimum absolute atomic E-state index is 0.0621. The van der Waals surface area contributed by atoms with Crippen LogP contribution in [0.5, 0.6) is 0 Å². The topological polar surface area (TPSA) is 76.7 Å². The summed E-state index contributed by atoms with van der Waals surface area (Å²) in [6.45, 7) is 1.66. The molecule has 1 aromatic rings. The largest absolute Gasteiger partial charge is 0.355 e. The fraction of sp³-hybridized carbons (Fsp3) is 0.364. The Balaban J connectivity index is 2.92. The molecular formula is C11H13Cl4N2O4P. The van der Waals surface area contributed by atoms with Gasteiger partial charge in [-0.2, -0.15) is 0 Å². The minimum atomic E-state index is -3.77. The molecule has 0 fully saturated rings. The van der Waals surface area contributed by atoms with Gasteiger partial charge >= 0.3 is 13.6 Å². The summed E-state index contributed by atoms with van der Waals surface area (Å²) >= 11 is 23.4. The molecule has 0 heterocycles. The lowest BCUT2D eigenvalue weighted by Gasteiger charge is -2.22. The van der Waals surface area contributed by atoms with Crippen molar-refractivity contribution in [2.45, 2.75) is 12.2 Å². The normalized spacial score (nSPS) is 15.0. The van der Waals surface area contributed by atoms with E-state index in [1.807, 2.05) is 0 Å². The van der Waals surface area contributed by atoms with E-state index in [1.54, 1.807) is 6.92 Å². The first kappa shape index (κ1) is 19.8. The standard InChI is InChI=1S/C11H13Cl4N2O4P/c1-3-21-22(19,10(15)20-2)17-11(18)16-9-7(13)4-6(12)5-8(9)14/h4-5,10H,3H2,1-2H3,(H2,16,17,18,19)/t10-,22+/m0/s1. The second-order valence-corrected chi connectivity index (χ2v) is 7.95. The van der Waals surface area contributed by atoms with Gasteiger partial charge in [-0.25, -0.2) is 4.79 Å². The summed E-state index contributed by atoms with van der Waals surface area (Å²) < 4.78 is 22.2. The number of halogens is 4. The first-order valence-corrected chi connectivity index (χ1v) is 9.14. The Labute approximate surface area is 147 Å². The number of urea groups is 1. The molecule has 0 aliphatic rings. The minimum Gasteiger partial charge on any atom is -0.355 e. The summed E-state index contributed by atoms with van der Waals surface area (Å²) in [5, 5.41) is 3.70. The zero-order chi connectivity index (χ0) is 16.9. The summed E-state index contributed by atoms with van der Waals surface area (Å²) in [5.74, 6) is 0. The molecule has 0 bridgehead atoms. The summed E-state index contributed by atoms with van der Waals surface area (Å²) in [6.07, 6.45) is 0. The third-order valence-corrected chi connectivity index (χ3v) is 5.95. The van der Waals surface area contributed by atoms with Gasteiger partial charge < -0.3 is 14.6 Å². The van der Waals surface area contributed by atoms with E-state index in [1.165, 1.54) is 19.2 Å². The molecule has 11 heteroatoms. The van der Waals surface area contributed by atoms with Crippen LogP contribution in [0.25, 0.3) is 0 Å².